The highest BCUT2D eigenvalue weighted by Crippen LogP contribution is 2.39. The molecule has 1 aliphatic heterocycles. The van der Waals surface area contributed by atoms with Gasteiger partial charge in [0.1, 0.15) is 14.0 Å². The molecule has 7 nitrogen and oxygen atoms in total. The van der Waals surface area contributed by atoms with Crippen LogP contribution in [0.25, 0.3) is 0 Å². The number of hydrogen-bond donors (Lipinski definition) is 2. The van der Waals surface area contributed by atoms with Gasteiger partial charge in [-0.05, 0) is 39.5 Å². The minimum absolute atomic E-state index is 0.0953. The lowest BCUT2D eigenvalue weighted by atomic mass is 9.96. The average molecular weight is 403 g/mol. The quantitative estimate of drug-likeness (QED) is 0.249. The van der Waals surface area contributed by atoms with Gasteiger partial charge in [-0.2, -0.15) is 0 Å². The van der Waals surface area contributed by atoms with Gasteiger partial charge in [0.2, 0.25) is 5.91 Å². The molecule has 1 heterocycles. The SMILES string of the molecule is [B]C1CC(OP(O)OCCCCCCNC(=O)CCC)C(COC(C)C)O1. The largest absolute Gasteiger partial charge is 0.380 e. The summed E-state index contributed by atoms with van der Waals surface area (Å²) in [7, 11) is 3.86. The van der Waals surface area contributed by atoms with Gasteiger partial charge in [-0.25, -0.2) is 0 Å². The van der Waals surface area contributed by atoms with Gasteiger partial charge in [0.05, 0.1) is 25.4 Å². The van der Waals surface area contributed by atoms with Gasteiger partial charge in [-0.15, -0.1) is 0 Å². The van der Waals surface area contributed by atoms with E-state index in [1.54, 1.807) is 0 Å². The van der Waals surface area contributed by atoms with Crippen molar-refractivity contribution in [3.63, 3.8) is 0 Å². The van der Waals surface area contributed by atoms with Gasteiger partial charge in [-0.1, -0.05) is 19.8 Å². The summed E-state index contributed by atoms with van der Waals surface area (Å²) in [5.74, 6) is 0.122. The summed E-state index contributed by atoms with van der Waals surface area (Å²) < 4.78 is 22.1. The third kappa shape index (κ3) is 12.0. The first-order valence-electron chi connectivity index (χ1n) is 10.00. The zero-order chi connectivity index (χ0) is 20.1. The van der Waals surface area contributed by atoms with E-state index >= 15 is 0 Å². The molecule has 2 radical (unpaired) electrons. The fourth-order valence-corrected chi connectivity index (χ4v) is 3.51. The number of hydrogen-bond acceptors (Lipinski definition) is 6. The van der Waals surface area contributed by atoms with Gasteiger partial charge < -0.3 is 28.7 Å². The molecule has 0 spiro atoms. The number of amides is 1. The first-order chi connectivity index (χ1) is 12.9. The maximum Gasteiger partial charge on any atom is 0.330 e. The Hall–Kier alpha value is -0.235. The summed E-state index contributed by atoms with van der Waals surface area (Å²) in [4.78, 5) is 21.3. The molecule has 0 aromatic heterocycles. The lowest BCUT2D eigenvalue weighted by molar-refractivity contribution is -0.121. The predicted molar refractivity (Wildman–Crippen MR) is 106 cm³/mol. The number of rotatable bonds is 15. The number of carbonyl (C=O) groups excluding carboxylic acids is 1. The van der Waals surface area contributed by atoms with Crippen LogP contribution in [0.3, 0.4) is 0 Å². The van der Waals surface area contributed by atoms with Crippen molar-refractivity contribution < 1.29 is 28.2 Å². The highest BCUT2D eigenvalue weighted by molar-refractivity contribution is 7.40. The van der Waals surface area contributed by atoms with E-state index in [0.717, 1.165) is 38.6 Å². The maximum atomic E-state index is 11.3. The Bertz CT molecular complexity index is 404. The van der Waals surface area contributed by atoms with Crippen molar-refractivity contribution in [3.05, 3.63) is 0 Å². The highest BCUT2D eigenvalue weighted by Gasteiger charge is 2.36. The van der Waals surface area contributed by atoms with Crippen molar-refractivity contribution in [1.29, 1.82) is 0 Å². The van der Waals surface area contributed by atoms with Gasteiger partial charge in [0.15, 0.2) is 0 Å². The molecule has 1 aliphatic rings. The smallest absolute Gasteiger partial charge is 0.330 e. The van der Waals surface area contributed by atoms with Crippen LogP contribution in [0.5, 0.6) is 0 Å². The normalized spacial score (nSPS) is 23.7. The van der Waals surface area contributed by atoms with Crippen molar-refractivity contribution >= 4 is 22.4 Å². The van der Waals surface area contributed by atoms with Crippen LogP contribution in [0.15, 0.2) is 0 Å². The zero-order valence-corrected chi connectivity index (χ0v) is 17.8. The molecule has 1 rings (SSSR count). The molecule has 4 unspecified atom stereocenters. The number of ether oxygens (including phenoxy) is 2. The van der Waals surface area contributed by atoms with E-state index in [1.165, 1.54) is 0 Å². The summed E-state index contributed by atoms with van der Waals surface area (Å²) in [6.07, 6.45) is 5.26. The van der Waals surface area contributed by atoms with Gasteiger partial charge >= 0.3 is 8.60 Å². The Morgan fingerprint density at radius 2 is 2.07 bits per heavy atom. The maximum absolute atomic E-state index is 11.3. The molecule has 0 saturated carbocycles. The lowest BCUT2D eigenvalue weighted by Gasteiger charge is -2.22. The first-order valence-corrected chi connectivity index (χ1v) is 11.1. The Balaban J connectivity index is 2.06. The van der Waals surface area contributed by atoms with Crippen LogP contribution in [-0.2, 0) is 23.3 Å². The molecule has 1 amide bonds. The lowest BCUT2D eigenvalue weighted by Crippen LogP contribution is -2.29. The van der Waals surface area contributed by atoms with E-state index in [9.17, 15) is 9.69 Å². The van der Waals surface area contributed by atoms with E-state index in [-0.39, 0.29) is 24.2 Å². The molecule has 4 atom stereocenters. The summed E-state index contributed by atoms with van der Waals surface area (Å²) in [6.45, 7) is 7.44. The second-order valence-electron chi connectivity index (χ2n) is 7.06. The van der Waals surface area contributed by atoms with Crippen LogP contribution in [0, 0.1) is 0 Å². The van der Waals surface area contributed by atoms with Gasteiger partial charge in [0, 0.05) is 19.0 Å². The predicted octanol–water partition coefficient (Wildman–Crippen LogP) is 2.79. The Morgan fingerprint density at radius 3 is 2.78 bits per heavy atom. The molecule has 0 aromatic rings. The Kier molecular flexibility index (Phi) is 13.5. The molecule has 0 bridgehead atoms. The number of nitrogens with one attached hydrogen (secondary N) is 1. The Labute approximate surface area is 166 Å². The van der Waals surface area contributed by atoms with Crippen LogP contribution >= 0.6 is 8.60 Å². The zero-order valence-electron chi connectivity index (χ0n) is 16.9. The standard InChI is InChI=1S/C18H35BNO6P/c1-4-9-18(21)20-10-7-5-6-8-11-24-27(22)26-15-12-17(19)25-16(15)13-23-14(2)3/h14-17,22H,4-13H2,1-3H3,(H,20,21). The molecule has 156 valence electrons. The fraction of sp³-hybridized carbons (Fsp3) is 0.944. The summed E-state index contributed by atoms with van der Waals surface area (Å²) in [6, 6.07) is -0.406. The van der Waals surface area contributed by atoms with Crippen LogP contribution in [0.1, 0.15) is 65.7 Å². The van der Waals surface area contributed by atoms with Crippen molar-refractivity contribution in [1.82, 2.24) is 5.32 Å². The van der Waals surface area contributed by atoms with Crippen molar-refractivity contribution in [2.24, 2.45) is 0 Å². The van der Waals surface area contributed by atoms with E-state index < -0.39 is 14.6 Å². The molecular weight excluding hydrogens is 368 g/mol. The number of unbranched alkanes of at least 4 members (excludes halogenated alkanes) is 3. The summed E-state index contributed by atoms with van der Waals surface area (Å²) in [5, 5.41) is 2.90. The molecule has 1 fully saturated rings. The van der Waals surface area contributed by atoms with Crippen LogP contribution in [0.4, 0.5) is 0 Å². The third-order valence-electron chi connectivity index (χ3n) is 4.12. The molecule has 27 heavy (non-hydrogen) atoms. The van der Waals surface area contributed by atoms with E-state index in [2.05, 4.69) is 5.32 Å². The van der Waals surface area contributed by atoms with Crippen molar-refractivity contribution in [2.75, 3.05) is 19.8 Å². The van der Waals surface area contributed by atoms with Gasteiger partial charge in [-0.3, -0.25) is 4.79 Å². The van der Waals surface area contributed by atoms with Crippen molar-refractivity contribution in [3.8, 4) is 0 Å². The Morgan fingerprint density at radius 1 is 1.33 bits per heavy atom. The van der Waals surface area contributed by atoms with Crippen LogP contribution in [0.2, 0.25) is 0 Å². The minimum Gasteiger partial charge on any atom is -0.380 e. The minimum atomic E-state index is -1.95. The molecule has 0 aliphatic carbocycles. The fourth-order valence-electron chi connectivity index (χ4n) is 2.71. The summed E-state index contributed by atoms with van der Waals surface area (Å²) in [5.41, 5.74) is 0. The van der Waals surface area contributed by atoms with Crippen LogP contribution in [-0.4, -0.2) is 62.7 Å². The molecule has 1 saturated heterocycles. The van der Waals surface area contributed by atoms with E-state index in [1.807, 2.05) is 20.8 Å². The van der Waals surface area contributed by atoms with Crippen molar-refractivity contribution in [2.45, 2.75) is 90.0 Å². The van der Waals surface area contributed by atoms with E-state index in [4.69, 9.17) is 26.4 Å². The van der Waals surface area contributed by atoms with Crippen LogP contribution < -0.4 is 5.32 Å². The third-order valence-corrected chi connectivity index (χ3v) is 4.97. The first kappa shape index (κ1) is 24.8. The summed E-state index contributed by atoms with van der Waals surface area (Å²) >= 11 is 0. The molecule has 0 aromatic carbocycles. The average Bonchev–Trinajstić information content (AvgIpc) is 2.94. The topological polar surface area (TPSA) is 86.2 Å². The highest BCUT2D eigenvalue weighted by atomic mass is 31.2. The van der Waals surface area contributed by atoms with Gasteiger partial charge in [0.25, 0.3) is 0 Å². The monoisotopic (exact) mass is 403 g/mol. The molecular formula is C18H35BNO6P. The van der Waals surface area contributed by atoms with E-state index in [0.29, 0.717) is 26.1 Å². The second-order valence-corrected chi connectivity index (χ2v) is 8.00. The molecule has 2 N–H and O–H groups in total. The number of carbonyl (C=O) groups is 1. The molecule has 9 heteroatoms. The second kappa shape index (κ2) is 14.7.